The van der Waals surface area contributed by atoms with Crippen LogP contribution < -0.4 is 0 Å². The molecule has 0 fully saturated rings. The Morgan fingerprint density at radius 3 is 2.07 bits per heavy atom. The second-order valence-electron chi connectivity index (χ2n) is 2.51. The second kappa shape index (κ2) is 5.57. The van der Waals surface area contributed by atoms with Crippen molar-refractivity contribution in [1.82, 2.24) is 0 Å². The molecule has 0 bridgehead atoms. The Kier molecular flexibility index (Phi) is 5.10. The molecule has 1 aromatic carbocycles. The van der Waals surface area contributed by atoms with Gasteiger partial charge in [-0.1, -0.05) is 17.7 Å². The van der Waals surface area contributed by atoms with Gasteiger partial charge in [-0.25, -0.2) is 13.2 Å². The minimum Gasteiger partial charge on any atom is -0.450 e. The van der Waals surface area contributed by atoms with Crippen LogP contribution in [0.25, 0.3) is 0 Å². The van der Waals surface area contributed by atoms with E-state index in [9.17, 15) is 8.42 Å². The lowest BCUT2D eigenvalue weighted by molar-refractivity contribution is 0.137. The maximum absolute atomic E-state index is 10.9. The molecule has 0 aliphatic heterocycles. The summed E-state index contributed by atoms with van der Waals surface area (Å²) in [7, 11) is -3.11. The van der Waals surface area contributed by atoms with E-state index in [1.807, 2.05) is 0 Å². The van der Waals surface area contributed by atoms with Gasteiger partial charge in [0.1, 0.15) is 0 Å². The smallest absolute Gasteiger partial charge is 0.450 e. The van der Waals surface area contributed by atoms with E-state index in [1.54, 1.807) is 12.1 Å². The molecule has 0 aliphatic rings. The fourth-order valence-electron chi connectivity index (χ4n) is 0.698. The van der Waals surface area contributed by atoms with Crippen LogP contribution in [0, 0.1) is 0 Å². The molecule has 84 valence electrons. The SMILES string of the molecule is CS(=O)(=O)c1cccc(Cl)c1.O=C(O)O. The van der Waals surface area contributed by atoms with Crippen LogP contribution in [0.2, 0.25) is 5.02 Å². The van der Waals surface area contributed by atoms with E-state index in [0.29, 0.717) is 5.02 Å². The number of carboxylic acid groups (broad SMARTS) is 2. The van der Waals surface area contributed by atoms with Crippen LogP contribution in [0.1, 0.15) is 0 Å². The average molecular weight is 253 g/mol. The topological polar surface area (TPSA) is 91.7 Å². The first kappa shape index (κ1) is 13.7. The molecule has 5 nitrogen and oxygen atoms in total. The first-order chi connectivity index (χ1) is 6.73. The molecule has 1 rings (SSSR count). The first-order valence-electron chi connectivity index (χ1n) is 3.61. The number of hydrogen-bond donors (Lipinski definition) is 2. The Bertz CT molecular complexity index is 436. The molecule has 2 N–H and O–H groups in total. The molecule has 15 heavy (non-hydrogen) atoms. The average Bonchev–Trinajstić information content (AvgIpc) is 2.01. The minimum absolute atomic E-state index is 0.255. The molecule has 0 amide bonds. The molecule has 0 radical (unpaired) electrons. The molecule has 0 aromatic heterocycles. The zero-order valence-corrected chi connectivity index (χ0v) is 9.29. The summed E-state index contributed by atoms with van der Waals surface area (Å²) in [5.74, 6) is 0. The van der Waals surface area contributed by atoms with E-state index >= 15 is 0 Å². The van der Waals surface area contributed by atoms with Crippen molar-refractivity contribution in [2.24, 2.45) is 0 Å². The van der Waals surface area contributed by atoms with Gasteiger partial charge in [0.05, 0.1) is 4.90 Å². The van der Waals surface area contributed by atoms with Gasteiger partial charge in [-0.2, -0.15) is 0 Å². The van der Waals surface area contributed by atoms with Crippen molar-refractivity contribution in [1.29, 1.82) is 0 Å². The summed E-state index contributed by atoms with van der Waals surface area (Å²) in [6, 6.07) is 6.19. The van der Waals surface area contributed by atoms with Gasteiger partial charge in [-0.15, -0.1) is 0 Å². The molecule has 0 aliphatic carbocycles. The van der Waals surface area contributed by atoms with E-state index in [4.69, 9.17) is 26.6 Å². The molecule has 0 saturated heterocycles. The summed E-state index contributed by atoms with van der Waals surface area (Å²) < 4.78 is 21.9. The van der Waals surface area contributed by atoms with Gasteiger partial charge < -0.3 is 10.2 Å². The quantitative estimate of drug-likeness (QED) is 0.797. The van der Waals surface area contributed by atoms with Gasteiger partial charge in [0.25, 0.3) is 0 Å². The third-order valence-electron chi connectivity index (χ3n) is 1.22. The monoisotopic (exact) mass is 252 g/mol. The second-order valence-corrected chi connectivity index (χ2v) is 4.96. The van der Waals surface area contributed by atoms with Crippen LogP contribution in [0.4, 0.5) is 4.79 Å². The van der Waals surface area contributed by atoms with Crippen molar-refractivity contribution < 1.29 is 23.4 Å². The third-order valence-corrected chi connectivity index (χ3v) is 2.57. The van der Waals surface area contributed by atoms with E-state index in [1.165, 1.54) is 12.1 Å². The molecule has 0 unspecified atom stereocenters. The predicted molar refractivity (Wildman–Crippen MR) is 55.2 cm³/mol. The zero-order chi connectivity index (χ0) is 12.1. The van der Waals surface area contributed by atoms with Crippen LogP contribution in [-0.2, 0) is 9.84 Å². The molecule has 0 atom stereocenters. The van der Waals surface area contributed by atoms with E-state index in [2.05, 4.69) is 0 Å². The Morgan fingerprint density at radius 1 is 1.33 bits per heavy atom. The summed E-state index contributed by atoms with van der Waals surface area (Å²) in [4.78, 5) is 8.81. The van der Waals surface area contributed by atoms with Crippen LogP contribution in [-0.4, -0.2) is 31.0 Å². The number of sulfone groups is 1. The van der Waals surface area contributed by atoms with Gasteiger partial charge in [-0.05, 0) is 18.2 Å². The fourth-order valence-corrected chi connectivity index (χ4v) is 1.62. The molecule has 1 aromatic rings. The minimum atomic E-state index is -3.11. The van der Waals surface area contributed by atoms with Gasteiger partial charge >= 0.3 is 6.16 Å². The Labute approximate surface area is 91.8 Å². The molecule has 0 saturated carbocycles. The van der Waals surface area contributed by atoms with Crippen LogP contribution >= 0.6 is 11.6 Å². The van der Waals surface area contributed by atoms with Gasteiger partial charge in [-0.3, -0.25) is 0 Å². The summed E-state index contributed by atoms with van der Waals surface area (Å²) in [5.41, 5.74) is 0. The summed E-state index contributed by atoms with van der Waals surface area (Å²) in [5, 5.41) is 14.4. The van der Waals surface area contributed by atoms with Crippen molar-refractivity contribution in [2.75, 3.05) is 6.26 Å². The number of rotatable bonds is 1. The third kappa shape index (κ3) is 6.75. The van der Waals surface area contributed by atoms with Crippen LogP contribution in [0.15, 0.2) is 29.2 Å². The summed E-state index contributed by atoms with van der Waals surface area (Å²) >= 11 is 5.59. The van der Waals surface area contributed by atoms with Crippen molar-refractivity contribution in [3.05, 3.63) is 29.3 Å². The fraction of sp³-hybridized carbons (Fsp3) is 0.125. The van der Waals surface area contributed by atoms with E-state index < -0.39 is 16.0 Å². The Morgan fingerprint density at radius 2 is 1.80 bits per heavy atom. The first-order valence-corrected chi connectivity index (χ1v) is 5.88. The molecular formula is C8H9ClO5S. The number of hydrogen-bond acceptors (Lipinski definition) is 3. The van der Waals surface area contributed by atoms with Crippen molar-refractivity contribution in [2.45, 2.75) is 4.90 Å². The highest BCUT2D eigenvalue weighted by molar-refractivity contribution is 7.90. The molecule has 7 heteroatoms. The maximum atomic E-state index is 10.9. The Balaban J connectivity index is 0.000000423. The van der Waals surface area contributed by atoms with E-state index in [-0.39, 0.29) is 4.90 Å². The van der Waals surface area contributed by atoms with Crippen molar-refractivity contribution in [3.8, 4) is 0 Å². The predicted octanol–water partition coefficient (Wildman–Crippen LogP) is 1.97. The number of benzene rings is 1. The van der Waals surface area contributed by atoms with E-state index in [0.717, 1.165) is 6.26 Å². The number of carbonyl (C=O) groups is 1. The largest absolute Gasteiger partial charge is 0.503 e. The summed E-state index contributed by atoms with van der Waals surface area (Å²) in [6.45, 7) is 0. The lowest BCUT2D eigenvalue weighted by Crippen LogP contribution is -1.95. The normalized spacial score (nSPS) is 10.0. The highest BCUT2D eigenvalue weighted by atomic mass is 35.5. The Hall–Kier alpha value is -1.27. The van der Waals surface area contributed by atoms with Gasteiger partial charge in [0.15, 0.2) is 9.84 Å². The molecular weight excluding hydrogens is 244 g/mol. The number of halogens is 1. The standard InChI is InChI=1S/C7H7ClO2S.CH2O3/c1-11(9,10)7-4-2-3-6(8)5-7;2-1(3)4/h2-5H,1H3;(H2,2,3,4). The zero-order valence-electron chi connectivity index (χ0n) is 7.71. The van der Waals surface area contributed by atoms with Crippen molar-refractivity contribution >= 4 is 27.6 Å². The lowest BCUT2D eigenvalue weighted by atomic mass is 10.4. The van der Waals surface area contributed by atoms with Crippen LogP contribution in [0.5, 0.6) is 0 Å². The van der Waals surface area contributed by atoms with Crippen LogP contribution in [0.3, 0.4) is 0 Å². The molecule has 0 spiro atoms. The maximum Gasteiger partial charge on any atom is 0.503 e. The molecule has 0 heterocycles. The van der Waals surface area contributed by atoms with Gasteiger partial charge in [0, 0.05) is 11.3 Å². The lowest BCUT2D eigenvalue weighted by Gasteiger charge is -1.96. The highest BCUT2D eigenvalue weighted by Gasteiger charge is 2.05. The summed E-state index contributed by atoms with van der Waals surface area (Å²) in [6.07, 6.45) is -0.682. The highest BCUT2D eigenvalue weighted by Crippen LogP contribution is 2.14. The van der Waals surface area contributed by atoms with Crippen molar-refractivity contribution in [3.63, 3.8) is 0 Å². The van der Waals surface area contributed by atoms with Gasteiger partial charge in [0.2, 0.25) is 0 Å².